The molecule has 3 nitrogen and oxygen atoms in total. The molecule has 142 valence electrons. The zero-order valence-electron chi connectivity index (χ0n) is 14.4. The first kappa shape index (κ1) is 20.0. The number of rotatable bonds is 4. The van der Waals surface area contributed by atoms with E-state index in [-0.39, 0.29) is 22.5 Å². The Kier molecular flexibility index (Phi) is 5.49. The monoisotopic (exact) mass is 419 g/mol. The summed E-state index contributed by atoms with van der Waals surface area (Å²) in [6.07, 6.45) is -2.84. The average molecular weight is 419 g/mol. The highest BCUT2D eigenvalue weighted by Crippen LogP contribution is 2.50. The van der Waals surface area contributed by atoms with Crippen molar-refractivity contribution in [2.45, 2.75) is 11.1 Å². The SMILES string of the molecule is [C-]#[N+]c1c(C(F)(F)F)sc(C(=O)O)c1-c1ccc(-c2ccccc2SC)cc1. The average Bonchev–Trinajstić information content (AvgIpc) is 3.08. The lowest BCUT2D eigenvalue weighted by Crippen LogP contribution is -2.01. The summed E-state index contributed by atoms with van der Waals surface area (Å²) in [5.41, 5.74) is 1.21. The number of thioether (sulfide) groups is 1. The van der Waals surface area contributed by atoms with Crippen LogP contribution in [0.4, 0.5) is 18.9 Å². The fourth-order valence-corrected chi connectivity index (χ4v) is 4.43. The smallest absolute Gasteiger partial charge is 0.416 e. The van der Waals surface area contributed by atoms with Gasteiger partial charge in [0.25, 0.3) is 0 Å². The molecule has 28 heavy (non-hydrogen) atoms. The molecule has 8 heteroatoms. The van der Waals surface area contributed by atoms with Gasteiger partial charge in [-0.1, -0.05) is 42.5 Å². The number of benzene rings is 2. The van der Waals surface area contributed by atoms with Gasteiger partial charge in [-0.2, -0.15) is 13.2 Å². The second-order valence-corrected chi connectivity index (χ2v) is 7.54. The Bertz CT molecular complexity index is 1080. The van der Waals surface area contributed by atoms with Gasteiger partial charge in [0.2, 0.25) is 5.69 Å². The van der Waals surface area contributed by atoms with Crippen LogP contribution >= 0.6 is 23.1 Å². The summed E-state index contributed by atoms with van der Waals surface area (Å²) in [4.78, 5) is 13.9. The summed E-state index contributed by atoms with van der Waals surface area (Å²) < 4.78 is 39.7. The van der Waals surface area contributed by atoms with E-state index in [1.165, 1.54) is 0 Å². The predicted molar refractivity (Wildman–Crippen MR) is 105 cm³/mol. The molecule has 1 N–H and O–H groups in total. The molecule has 1 aromatic heterocycles. The zero-order chi connectivity index (χ0) is 20.5. The van der Waals surface area contributed by atoms with Gasteiger partial charge in [0.05, 0.1) is 6.57 Å². The Labute approximate surface area is 167 Å². The number of nitrogens with zero attached hydrogens (tertiary/aromatic N) is 1. The number of aromatic carboxylic acids is 1. The summed E-state index contributed by atoms with van der Waals surface area (Å²) in [6, 6.07) is 14.2. The minimum absolute atomic E-state index is 0.0856. The lowest BCUT2D eigenvalue weighted by Gasteiger charge is -2.09. The van der Waals surface area contributed by atoms with Gasteiger partial charge in [0, 0.05) is 10.5 Å². The molecule has 0 unspecified atom stereocenters. The van der Waals surface area contributed by atoms with Crippen molar-refractivity contribution in [1.82, 2.24) is 0 Å². The molecule has 0 aliphatic rings. The van der Waals surface area contributed by atoms with Crippen molar-refractivity contribution in [1.29, 1.82) is 0 Å². The summed E-state index contributed by atoms with van der Waals surface area (Å²) >= 11 is 1.65. The normalized spacial score (nSPS) is 11.2. The molecule has 0 aliphatic heterocycles. The summed E-state index contributed by atoms with van der Waals surface area (Å²) in [5, 5.41) is 9.36. The van der Waals surface area contributed by atoms with E-state index in [0.717, 1.165) is 16.0 Å². The lowest BCUT2D eigenvalue weighted by atomic mass is 9.99. The Morgan fingerprint density at radius 2 is 1.71 bits per heavy atom. The Balaban J connectivity index is 2.16. The fraction of sp³-hybridized carbons (Fsp3) is 0.100. The molecule has 0 radical (unpaired) electrons. The van der Waals surface area contributed by atoms with Gasteiger partial charge in [-0.3, -0.25) is 0 Å². The largest absolute Gasteiger partial charge is 0.477 e. The number of alkyl halides is 3. The second-order valence-electron chi connectivity index (χ2n) is 5.68. The standard InChI is InChI=1S/C20H12F3NO2S2/c1-24-16-15(17(19(25)26)28-18(16)20(21,22)23)12-9-7-11(8-10-12)13-5-3-4-6-14(13)27-2/h3-10H,2H3,(H,25,26). The molecular weight excluding hydrogens is 407 g/mol. The minimum Gasteiger partial charge on any atom is -0.477 e. The molecule has 0 spiro atoms. The molecule has 0 atom stereocenters. The number of hydrogen-bond acceptors (Lipinski definition) is 3. The Morgan fingerprint density at radius 1 is 1.11 bits per heavy atom. The van der Waals surface area contributed by atoms with Crippen LogP contribution in [0.25, 0.3) is 27.1 Å². The molecule has 0 fully saturated rings. The molecule has 0 saturated carbocycles. The van der Waals surface area contributed by atoms with E-state index >= 15 is 0 Å². The summed E-state index contributed by atoms with van der Waals surface area (Å²) in [7, 11) is 0. The Morgan fingerprint density at radius 3 is 2.25 bits per heavy atom. The van der Waals surface area contributed by atoms with Crippen LogP contribution in [0.2, 0.25) is 0 Å². The number of thiophene rings is 1. The molecule has 2 aromatic carbocycles. The highest BCUT2D eigenvalue weighted by atomic mass is 32.2. The third-order valence-electron chi connectivity index (χ3n) is 4.04. The van der Waals surface area contributed by atoms with Crippen molar-refractivity contribution in [3.8, 4) is 22.3 Å². The molecule has 3 aromatic rings. The lowest BCUT2D eigenvalue weighted by molar-refractivity contribution is -0.133. The van der Waals surface area contributed by atoms with Crippen LogP contribution < -0.4 is 0 Å². The van der Waals surface area contributed by atoms with E-state index in [1.807, 2.05) is 30.5 Å². The van der Waals surface area contributed by atoms with Crippen molar-refractivity contribution in [2.75, 3.05) is 6.26 Å². The van der Waals surface area contributed by atoms with Crippen molar-refractivity contribution in [2.24, 2.45) is 0 Å². The van der Waals surface area contributed by atoms with Crippen LogP contribution in [0, 0.1) is 6.57 Å². The van der Waals surface area contributed by atoms with Gasteiger partial charge >= 0.3 is 12.1 Å². The highest BCUT2D eigenvalue weighted by Gasteiger charge is 2.39. The van der Waals surface area contributed by atoms with E-state index in [1.54, 1.807) is 36.0 Å². The quantitative estimate of drug-likeness (QED) is 0.363. The number of halogens is 3. The molecule has 1 heterocycles. The van der Waals surface area contributed by atoms with E-state index in [0.29, 0.717) is 0 Å². The van der Waals surface area contributed by atoms with Crippen LogP contribution in [0.5, 0.6) is 0 Å². The van der Waals surface area contributed by atoms with E-state index in [4.69, 9.17) is 6.57 Å². The topological polar surface area (TPSA) is 41.7 Å². The van der Waals surface area contributed by atoms with Crippen molar-refractivity contribution >= 4 is 34.8 Å². The molecule has 0 bridgehead atoms. The number of carboxylic acids is 1. The maximum atomic E-state index is 13.2. The first-order chi connectivity index (χ1) is 13.3. The van der Waals surface area contributed by atoms with Gasteiger partial charge < -0.3 is 5.11 Å². The summed E-state index contributed by atoms with van der Waals surface area (Å²) in [6.45, 7) is 7.17. The predicted octanol–water partition coefficient (Wildman–Crippen LogP) is 7.07. The van der Waals surface area contributed by atoms with E-state index in [2.05, 4.69) is 4.85 Å². The maximum absolute atomic E-state index is 13.2. The van der Waals surface area contributed by atoms with Gasteiger partial charge in [0.15, 0.2) is 0 Å². The summed E-state index contributed by atoms with van der Waals surface area (Å²) in [5.74, 6) is -1.49. The van der Waals surface area contributed by atoms with Gasteiger partial charge in [-0.05, 0) is 29.0 Å². The third kappa shape index (κ3) is 3.63. The van der Waals surface area contributed by atoms with Crippen molar-refractivity contribution < 1.29 is 23.1 Å². The molecular formula is C20H12F3NO2S2. The van der Waals surface area contributed by atoms with Gasteiger partial charge in [-0.15, -0.1) is 23.1 Å². The first-order valence-corrected chi connectivity index (χ1v) is 9.90. The number of carbonyl (C=O) groups is 1. The van der Waals surface area contributed by atoms with Gasteiger partial charge in [-0.25, -0.2) is 9.64 Å². The number of carboxylic acid groups (broad SMARTS) is 1. The van der Waals surface area contributed by atoms with E-state index < -0.39 is 27.6 Å². The minimum atomic E-state index is -4.79. The van der Waals surface area contributed by atoms with E-state index in [9.17, 15) is 23.1 Å². The maximum Gasteiger partial charge on any atom is 0.416 e. The van der Waals surface area contributed by atoms with Crippen molar-refractivity contribution in [3.05, 3.63) is 69.7 Å². The number of hydrogen-bond donors (Lipinski definition) is 1. The third-order valence-corrected chi connectivity index (χ3v) is 6.05. The fourth-order valence-electron chi connectivity index (χ4n) is 2.84. The van der Waals surface area contributed by atoms with Crippen LogP contribution in [0.3, 0.4) is 0 Å². The zero-order valence-corrected chi connectivity index (χ0v) is 16.0. The molecule has 0 saturated heterocycles. The first-order valence-electron chi connectivity index (χ1n) is 7.86. The van der Waals surface area contributed by atoms with Crippen LogP contribution in [0.15, 0.2) is 53.4 Å². The van der Waals surface area contributed by atoms with Crippen molar-refractivity contribution in [3.63, 3.8) is 0 Å². The Hall–Kier alpha value is -2.76. The van der Waals surface area contributed by atoms with Crippen LogP contribution in [0.1, 0.15) is 14.5 Å². The highest BCUT2D eigenvalue weighted by molar-refractivity contribution is 7.98. The van der Waals surface area contributed by atoms with Crippen LogP contribution in [-0.4, -0.2) is 17.3 Å². The molecule has 0 aliphatic carbocycles. The second kappa shape index (κ2) is 7.70. The van der Waals surface area contributed by atoms with Crippen LogP contribution in [-0.2, 0) is 6.18 Å². The molecule has 0 amide bonds. The van der Waals surface area contributed by atoms with Gasteiger partial charge in [0.1, 0.15) is 9.75 Å². The molecule has 3 rings (SSSR count).